The number of ether oxygens (including phenoxy) is 2. The minimum Gasteiger partial charge on any atom is -0.394 e. The third-order valence-corrected chi connectivity index (χ3v) is 2.38. The van der Waals surface area contributed by atoms with E-state index >= 15 is 0 Å². The molecule has 5 nitrogen and oxygen atoms in total. The number of rotatable bonds is 2. The van der Waals surface area contributed by atoms with Crippen LogP contribution in [0.2, 0.25) is 0 Å². The number of methoxy groups -OCH3 is 1. The van der Waals surface area contributed by atoms with Gasteiger partial charge in [-0.1, -0.05) is 0 Å². The quantitative estimate of drug-likeness (QED) is 0.496. The van der Waals surface area contributed by atoms with Gasteiger partial charge in [-0.3, -0.25) is 0 Å². The predicted octanol–water partition coefficient (Wildman–Crippen LogP) is -1.50. The standard InChI is InChI=1S/C8H16O5/c1-4-6(10)7(11)8(12-2)5(3-9)13-4/h4-11H,3H2,1-2H3/t4-,5?,6-,7?,8-/m0/s1. The summed E-state index contributed by atoms with van der Waals surface area (Å²) in [5.74, 6) is 0. The van der Waals surface area contributed by atoms with Crippen LogP contribution in [0.4, 0.5) is 0 Å². The Labute approximate surface area is 76.9 Å². The zero-order chi connectivity index (χ0) is 10.0. The summed E-state index contributed by atoms with van der Waals surface area (Å²) in [6.45, 7) is 1.41. The van der Waals surface area contributed by atoms with E-state index in [1.54, 1.807) is 6.92 Å². The van der Waals surface area contributed by atoms with Crippen molar-refractivity contribution in [1.82, 2.24) is 0 Å². The molecule has 0 radical (unpaired) electrons. The average molecular weight is 192 g/mol. The number of aliphatic hydroxyl groups is 3. The third kappa shape index (κ3) is 2.00. The van der Waals surface area contributed by atoms with Crippen molar-refractivity contribution in [3.05, 3.63) is 0 Å². The van der Waals surface area contributed by atoms with E-state index in [9.17, 15) is 10.2 Å². The molecule has 0 aromatic carbocycles. The molecule has 0 aromatic rings. The Balaban J connectivity index is 2.69. The maximum absolute atomic E-state index is 9.54. The predicted molar refractivity (Wildman–Crippen MR) is 44.2 cm³/mol. The van der Waals surface area contributed by atoms with Gasteiger partial charge in [-0.2, -0.15) is 0 Å². The van der Waals surface area contributed by atoms with Gasteiger partial charge < -0.3 is 24.8 Å². The summed E-state index contributed by atoms with van der Waals surface area (Å²) in [4.78, 5) is 0. The molecule has 0 aromatic heterocycles. The van der Waals surface area contributed by atoms with Gasteiger partial charge in [0.05, 0.1) is 12.7 Å². The smallest absolute Gasteiger partial charge is 0.114 e. The highest BCUT2D eigenvalue weighted by Crippen LogP contribution is 2.22. The molecule has 0 amide bonds. The molecular formula is C8H16O5. The summed E-state index contributed by atoms with van der Waals surface area (Å²) >= 11 is 0. The van der Waals surface area contributed by atoms with E-state index in [1.165, 1.54) is 7.11 Å². The molecule has 1 saturated heterocycles. The van der Waals surface area contributed by atoms with Crippen LogP contribution >= 0.6 is 0 Å². The first-order chi connectivity index (χ1) is 6.11. The van der Waals surface area contributed by atoms with Crippen LogP contribution in [0.25, 0.3) is 0 Å². The van der Waals surface area contributed by atoms with Crippen LogP contribution in [0.15, 0.2) is 0 Å². The second kappa shape index (κ2) is 4.34. The van der Waals surface area contributed by atoms with Crippen LogP contribution in [0, 0.1) is 0 Å². The minimum atomic E-state index is -1.01. The molecule has 1 aliphatic rings. The first-order valence-corrected chi connectivity index (χ1v) is 4.27. The molecule has 0 saturated carbocycles. The molecule has 1 rings (SSSR count). The highest BCUT2D eigenvalue weighted by molar-refractivity contribution is 4.91. The molecule has 1 heterocycles. The lowest BCUT2D eigenvalue weighted by molar-refractivity contribution is -0.231. The Morgan fingerprint density at radius 3 is 2.38 bits per heavy atom. The summed E-state index contributed by atoms with van der Waals surface area (Å²) in [7, 11) is 1.41. The van der Waals surface area contributed by atoms with Crippen molar-refractivity contribution in [3.63, 3.8) is 0 Å². The van der Waals surface area contributed by atoms with Crippen molar-refractivity contribution < 1.29 is 24.8 Å². The van der Waals surface area contributed by atoms with Gasteiger partial charge in [-0.05, 0) is 6.92 Å². The fourth-order valence-corrected chi connectivity index (χ4v) is 1.56. The highest BCUT2D eigenvalue weighted by atomic mass is 16.6. The average Bonchev–Trinajstić information content (AvgIpc) is 2.13. The van der Waals surface area contributed by atoms with E-state index in [2.05, 4.69) is 0 Å². The topological polar surface area (TPSA) is 79.2 Å². The van der Waals surface area contributed by atoms with Gasteiger partial charge in [0.15, 0.2) is 0 Å². The van der Waals surface area contributed by atoms with Gasteiger partial charge in [0.2, 0.25) is 0 Å². The summed E-state index contributed by atoms with van der Waals surface area (Å²) in [6.07, 6.45) is -3.70. The molecule has 0 bridgehead atoms. The molecular weight excluding hydrogens is 176 g/mol. The van der Waals surface area contributed by atoms with Crippen LogP contribution in [0.5, 0.6) is 0 Å². The molecule has 13 heavy (non-hydrogen) atoms. The van der Waals surface area contributed by atoms with Crippen molar-refractivity contribution >= 4 is 0 Å². The largest absolute Gasteiger partial charge is 0.394 e. The summed E-state index contributed by atoms with van der Waals surface area (Å²) in [5, 5.41) is 27.9. The highest BCUT2D eigenvalue weighted by Gasteiger charge is 2.42. The lowest BCUT2D eigenvalue weighted by atomic mass is 9.96. The van der Waals surface area contributed by atoms with Crippen molar-refractivity contribution in [2.75, 3.05) is 13.7 Å². The SMILES string of the molecule is CO[C@H]1C(CO)O[C@@H](C)[C@H](O)C1O. The van der Waals surface area contributed by atoms with Gasteiger partial charge in [0.25, 0.3) is 0 Å². The number of hydrogen-bond donors (Lipinski definition) is 3. The van der Waals surface area contributed by atoms with Gasteiger partial charge >= 0.3 is 0 Å². The zero-order valence-corrected chi connectivity index (χ0v) is 7.75. The van der Waals surface area contributed by atoms with Crippen molar-refractivity contribution in [2.45, 2.75) is 37.4 Å². The van der Waals surface area contributed by atoms with Crippen molar-refractivity contribution in [1.29, 1.82) is 0 Å². The van der Waals surface area contributed by atoms with E-state index in [-0.39, 0.29) is 6.61 Å². The second-order valence-corrected chi connectivity index (χ2v) is 3.24. The first-order valence-electron chi connectivity index (χ1n) is 4.27. The Kier molecular flexibility index (Phi) is 3.63. The number of aliphatic hydroxyl groups excluding tert-OH is 3. The Morgan fingerprint density at radius 1 is 1.31 bits per heavy atom. The Bertz CT molecular complexity index is 161. The van der Waals surface area contributed by atoms with Crippen LogP contribution in [-0.2, 0) is 9.47 Å². The Hall–Kier alpha value is -0.200. The van der Waals surface area contributed by atoms with E-state index in [1.807, 2.05) is 0 Å². The summed E-state index contributed by atoms with van der Waals surface area (Å²) < 4.78 is 10.2. The lowest BCUT2D eigenvalue weighted by Gasteiger charge is -2.40. The maximum atomic E-state index is 9.54. The maximum Gasteiger partial charge on any atom is 0.114 e. The fourth-order valence-electron chi connectivity index (χ4n) is 1.56. The van der Waals surface area contributed by atoms with Crippen molar-refractivity contribution in [3.8, 4) is 0 Å². The van der Waals surface area contributed by atoms with Crippen LogP contribution in [0.1, 0.15) is 6.92 Å². The van der Waals surface area contributed by atoms with E-state index in [0.717, 1.165) is 0 Å². The first kappa shape index (κ1) is 10.9. The molecule has 2 unspecified atom stereocenters. The Morgan fingerprint density at radius 2 is 1.92 bits per heavy atom. The molecule has 3 N–H and O–H groups in total. The van der Waals surface area contributed by atoms with Crippen LogP contribution in [0.3, 0.4) is 0 Å². The van der Waals surface area contributed by atoms with Crippen molar-refractivity contribution in [2.24, 2.45) is 0 Å². The molecule has 0 aliphatic carbocycles. The van der Waals surface area contributed by atoms with Gasteiger partial charge in [-0.25, -0.2) is 0 Å². The summed E-state index contributed by atoms with van der Waals surface area (Å²) in [5.41, 5.74) is 0. The van der Waals surface area contributed by atoms with Gasteiger partial charge in [0, 0.05) is 7.11 Å². The summed E-state index contributed by atoms with van der Waals surface area (Å²) in [6, 6.07) is 0. The third-order valence-electron chi connectivity index (χ3n) is 2.38. The molecule has 5 atom stereocenters. The van der Waals surface area contributed by atoms with Gasteiger partial charge in [-0.15, -0.1) is 0 Å². The molecule has 5 heteroatoms. The minimum absolute atomic E-state index is 0.230. The number of hydrogen-bond acceptors (Lipinski definition) is 5. The van der Waals surface area contributed by atoms with Crippen LogP contribution < -0.4 is 0 Å². The van der Waals surface area contributed by atoms with Crippen LogP contribution in [-0.4, -0.2) is 59.6 Å². The fraction of sp³-hybridized carbons (Fsp3) is 1.00. The monoisotopic (exact) mass is 192 g/mol. The molecule has 78 valence electrons. The van der Waals surface area contributed by atoms with E-state index in [4.69, 9.17) is 14.6 Å². The zero-order valence-electron chi connectivity index (χ0n) is 7.75. The van der Waals surface area contributed by atoms with E-state index < -0.39 is 30.5 Å². The molecule has 0 spiro atoms. The lowest BCUT2D eigenvalue weighted by Crippen LogP contribution is -2.58. The molecule has 1 fully saturated rings. The second-order valence-electron chi connectivity index (χ2n) is 3.24. The van der Waals surface area contributed by atoms with Gasteiger partial charge in [0.1, 0.15) is 24.4 Å². The molecule has 1 aliphatic heterocycles. The van der Waals surface area contributed by atoms with E-state index in [0.29, 0.717) is 0 Å². The normalized spacial score (nSPS) is 46.4.